The van der Waals surface area contributed by atoms with Crippen molar-refractivity contribution >= 4 is 5.91 Å². The molecule has 1 aromatic heterocycles. The van der Waals surface area contributed by atoms with Crippen LogP contribution in [0.2, 0.25) is 0 Å². The number of amides is 1. The van der Waals surface area contributed by atoms with Crippen LogP contribution in [0.1, 0.15) is 37.9 Å². The second-order valence-electron chi connectivity index (χ2n) is 6.78. The zero-order chi connectivity index (χ0) is 17.3. The summed E-state index contributed by atoms with van der Waals surface area (Å²) in [6.45, 7) is 5.80. The lowest BCUT2D eigenvalue weighted by Gasteiger charge is -2.25. The van der Waals surface area contributed by atoms with E-state index in [1.54, 1.807) is 11.8 Å². The van der Waals surface area contributed by atoms with E-state index in [2.05, 4.69) is 10.00 Å². The average Bonchev–Trinajstić information content (AvgIpc) is 3.25. The first-order valence-corrected chi connectivity index (χ1v) is 8.48. The van der Waals surface area contributed by atoms with Gasteiger partial charge >= 0.3 is 6.18 Å². The third-order valence-electron chi connectivity index (χ3n) is 4.77. The Hall–Kier alpha value is -1.57. The zero-order valence-electron chi connectivity index (χ0n) is 13.8. The van der Waals surface area contributed by atoms with E-state index in [-0.39, 0.29) is 5.91 Å². The molecule has 0 N–H and O–H groups in total. The lowest BCUT2D eigenvalue weighted by atomic mass is 10.2. The van der Waals surface area contributed by atoms with Crippen molar-refractivity contribution in [1.82, 2.24) is 19.6 Å². The van der Waals surface area contributed by atoms with Crippen molar-refractivity contribution in [2.24, 2.45) is 5.92 Å². The van der Waals surface area contributed by atoms with Crippen LogP contribution in [-0.2, 0) is 11.0 Å². The van der Waals surface area contributed by atoms with E-state index >= 15 is 0 Å². The van der Waals surface area contributed by atoms with Gasteiger partial charge < -0.3 is 9.80 Å². The number of hydrogen-bond acceptors (Lipinski definition) is 3. The van der Waals surface area contributed by atoms with Crippen LogP contribution in [0, 0.1) is 5.92 Å². The molecule has 0 radical (unpaired) electrons. The Labute approximate surface area is 139 Å². The van der Waals surface area contributed by atoms with Gasteiger partial charge in [0.25, 0.3) is 0 Å². The quantitative estimate of drug-likeness (QED) is 0.842. The van der Waals surface area contributed by atoms with Gasteiger partial charge in [-0.1, -0.05) is 0 Å². The van der Waals surface area contributed by atoms with E-state index < -0.39 is 17.9 Å². The molecule has 1 amide bonds. The summed E-state index contributed by atoms with van der Waals surface area (Å²) in [5, 5.41) is 3.52. The highest BCUT2D eigenvalue weighted by molar-refractivity contribution is 5.80. The monoisotopic (exact) mass is 344 g/mol. The lowest BCUT2D eigenvalue weighted by molar-refractivity contribution is -0.142. The molecule has 1 aliphatic carbocycles. The lowest BCUT2D eigenvalue weighted by Crippen LogP contribution is -2.39. The minimum atomic E-state index is -4.49. The van der Waals surface area contributed by atoms with Gasteiger partial charge in [-0.05, 0) is 44.7 Å². The van der Waals surface area contributed by atoms with E-state index in [1.165, 1.54) is 19.0 Å². The van der Waals surface area contributed by atoms with Gasteiger partial charge in [-0.3, -0.25) is 9.48 Å². The summed E-state index contributed by atoms with van der Waals surface area (Å²) in [7, 11) is 0. The predicted octanol–water partition coefficient (Wildman–Crippen LogP) is 2.41. The summed E-state index contributed by atoms with van der Waals surface area (Å²) < 4.78 is 39.1. The van der Waals surface area contributed by atoms with E-state index in [1.807, 2.05) is 0 Å². The van der Waals surface area contributed by atoms with Crippen LogP contribution in [0.4, 0.5) is 13.2 Å². The predicted molar refractivity (Wildman–Crippen MR) is 82.3 cm³/mol. The van der Waals surface area contributed by atoms with Crippen molar-refractivity contribution in [2.75, 3.05) is 32.7 Å². The minimum Gasteiger partial charge on any atom is -0.340 e. The molecule has 0 spiro atoms. The highest BCUT2D eigenvalue weighted by Gasteiger charge is 2.35. The number of rotatable bonds is 4. The van der Waals surface area contributed by atoms with Gasteiger partial charge in [0, 0.05) is 32.4 Å². The maximum Gasteiger partial charge on any atom is 0.435 e. The highest BCUT2D eigenvalue weighted by Crippen LogP contribution is 2.30. The highest BCUT2D eigenvalue weighted by atomic mass is 19.4. The van der Waals surface area contributed by atoms with Crippen LogP contribution < -0.4 is 0 Å². The van der Waals surface area contributed by atoms with Gasteiger partial charge in [-0.15, -0.1) is 0 Å². The minimum absolute atomic E-state index is 0.167. The van der Waals surface area contributed by atoms with Crippen molar-refractivity contribution in [3.8, 4) is 0 Å². The third kappa shape index (κ3) is 4.09. The molecule has 1 aliphatic heterocycles. The fraction of sp³-hybridized carbons (Fsp3) is 0.750. The Morgan fingerprint density at radius 1 is 1.29 bits per heavy atom. The Bertz CT molecular complexity index is 582. The van der Waals surface area contributed by atoms with Crippen LogP contribution >= 0.6 is 0 Å². The summed E-state index contributed by atoms with van der Waals surface area (Å²) in [4.78, 5) is 16.8. The van der Waals surface area contributed by atoms with E-state index in [0.717, 1.165) is 42.7 Å². The fourth-order valence-electron chi connectivity index (χ4n) is 3.12. The van der Waals surface area contributed by atoms with Crippen LogP contribution in [0.5, 0.6) is 0 Å². The molecule has 8 heteroatoms. The molecule has 0 aromatic carbocycles. The molecule has 0 bridgehead atoms. The second kappa shape index (κ2) is 6.74. The Kier molecular flexibility index (Phi) is 4.85. The normalized spacial score (nSPS) is 21.6. The fourth-order valence-corrected chi connectivity index (χ4v) is 3.12. The number of hydrogen-bond donors (Lipinski definition) is 0. The molecule has 1 saturated heterocycles. The van der Waals surface area contributed by atoms with E-state index in [9.17, 15) is 18.0 Å². The molecule has 3 rings (SSSR count). The standard InChI is InChI=1S/C16H23F3N4O/c1-12(23-8-5-14(20-23)16(17,18)19)15(24)22-7-2-6-21(9-10-22)11-13-3-4-13/h5,8,12-13H,2-4,6-7,9-11H2,1H3. The van der Waals surface area contributed by atoms with Crippen molar-refractivity contribution < 1.29 is 18.0 Å². The summed E-state index contributed by atoms with van der Waals surface area (Å²) in [6.07, 6.45) is 0.245. The number of carbonyl (C=O) groups excluding carboxylic acids is 1. The summed E-state index contributed by atoms with van der Waals surface area (Å²) in [5.41, 5.74) is -0.964. The number of aromatic nitrogens is 2. The number of alkyl halides is 3. The van der Waals surface area contributed by atoms with Crippen molar-refractivity contribution in [1.29, 1.82) is 0 Å². The van der Waals surface area contributed by atoms with Gasteiger partial charge in [0.2, 0.25) is 5.91 Å². The smallest absolute Gasteiger partial charge is 0.340 e. The maximum atomic E-state index is 12.6. The van der Waals surface area contributed by atoms with Gasteiger partial charge in [0.15, 0.2) is 5.69 Å². The molecule has 2 fully saturated rings. The average molecular weight is 344 g/mol. The molecular formula is C16H23F3N4O. The summed E-state index contributed by atoms with van der Waals surface area (Å²) in [5.74, 6) is 0.649. The molecule has 134 valence electrons. The van der Waals surface area contributed by atoms with Crippen LogP contribution in [0.25, 0.3) is 0 Å². The first-order valence-electron chi connectivity index (χ1n) is 8.48. The zero-order valence-corrected chi connectivity index (χ0v) is 13.8. The van der Waals surface area contributed by atoms with Crippen molar-refractivity contribution in [2.45, 2.75) is 38.4 Å². The topological polar surface area (TPSA) is 41.4 Å². The second-order valence-corrected chi connectivity index (χ2v) is 6.78. The van der Waals surface area contributed by atoms with Crippen molar-refractivity contribution in [3.05, 3.63) is 18.0 Å². The molecule has 2 heterocycles. The molecule has 5 nitrogen and oxygen atoms in total. The molecular weight excluding hydrogens is 321 g/mol. The molecule has 1 saturated carbocycles. The van der Waals surface area contributed by atoms with Crippen LogP contribution in [0.15, 0.2) is 12.3 Å². The molecule has 1 unspecified atom stereocenters. The Morgan fingerprint density at radius 3 is 2.67 bits per heavy atom. The van der Waals surface area contributed by atoms with Crippen LogP contribution in [-0.4, -0.2) is 58.2 Å². The first kappa shape index (κ1) is 17.3. The molecule has 24 heavy (non-hydrogen) atoms. The maximum absolute atomic E-state index is 12.6. The SMILES string of the molecule is CC(C(=O)N1CCCN(CC2CC2)CC1)n1ccc(C(F)(F)F)n1. The van der Waals surface area contributed by atoms with E-state index in [0.29, 0.717) is 13.1 Å². The van der Waals surface area contributed by atoms with Gasteiger partial charge in [-0.25, -0.2) is 0 Å². The molecule has 2 aliphatic rings. The number of carbonyl (C=O) groups is 1. The third-order valence-corrected chi connectivity index (χ3v) is 4.77. The van der Waals surface area contributed by atoms with E-state index in [4.69, 9.17) is 0 Å². The molecule has 1 aromatic rings. The molecule has 1 atom stereocenters. The summed E-state index contributed by atoms with van der Waals surface area (Å²) in [6, 6.07) is 0.180. The Morgan fingerprint density at radius 2 is 2.04 bits per heavy atom. The summed E-state index contributed by atoms with van der Waals surface area (Å²) >= 11 is 0. The number of nitrogens with zero attached hydrogens (tertiary/aromatic N) is 4. The first-order chi connectivity index (χ1) is 11.3. The largest absolute Gasteiger partial charge is 0.435 e. The van der Waals surface area contributed by atoms with Crippen molar-refractivity contribution in [3.63, 3.8) is 0 Å². The Balaban J connectivity index is 1.59. The van der Waals surface area contributed by atoms with Gasteiger partial charge in [0.1, 0.15) is 6.04 Å². The number of halogens is 3. The van der Waals surface area contributed by atoms with Crippen LogP contribution in [0.3, 0.4) is 0 Å². The van der Waals surface area contributed by atoms with Gasteiger partial charge in [0.05, 0.1) is 0 Å². The van der Waals surface area contributed by atoms with Gasteiger partial charge in [-0.2, -0.15) is 18.3 Å².